The molecule has 1 saturated carbocycles. The van der Waals surface area contributed by atoms with Crippen LogP contribution < -0.4 is 18.9 Å². The smallest absolute Gasteiger partial charge is 0.185 e. The Morgan fingerprint density at radius 2 is 1.07 bits per heavy atom. The first kappa shape index (κ1) is 17.9. The van der Waals surface area contributed by atoms with E-state index in [1.165, 1.54) is 0 Å². The molecule has 5 rings (SSSR count). The topological polar surface area (TPSA) is 54.0 Å². The van der Waals surface area contributed by atoms with Crippen LogP contribution in [0.3, 0.4) is 0 Å². The molecule has 2 aromatic carbocycles. The van der Waals surface area contributed by atoms with E-state index in [4.69, 9.17) is 18.9 Å². The highest BCUT2D eigenvalue weighted by atomic mass is 16.6. The van der Waals surface area contributed by atoms with Gasteiger partial charge in [-0.05, 0) is 66.8 Å². The van der Waals surface area contributed by atoms with E-state index < -0.39 is 0 Å². The predicted molar refractivity (Wildman–Crippen MR) is 110 cm³/mol. The molecule has 0 bridgehead atoms. The SMILES string of the molecule is O=C1/C(=C\c2ccc3c(c2)OCCO3)CCC/C1=C/c1ccc2c(c1)OCCO2. The maximum Gasteiger partial charge on any atom is 0.185 e. The molecule has 0 N–H and O–H groups in total. The van der Waals surface area contributed by atoms with Gasteiger partial charge >= 0.3 is 0 Å². The number of ketones is 1. The van der Waals surface area contributed by atoms with E-state index in [-0.39, 0.29) is 5.78 Å². The molecule has 0 unspecified atom stereocenters. The maximum atomic E-state index is 13.1. The minimum atomic E-state index is 0.112. The number of hydrogen-bond donors (Lipinski definition) is 0. The summed E-state index contributed by atoms with van der Waals surface area (Å²) in [5.41, 5.74) is 3.57. The third-order valence-electron chi connectivity index (χ3n) is 5.29. The summed E-state index contributed by atoms with van der Waals surface area (Å²) in [5, 5.41) is 0. The molecule has 5 nitrogen and oxygen atoms in total. The second-order valence-electron chi connectivity index (χ2n) is 7.33. The van der Waals surface area contributed by atoms with Gasteiger partial charge in [0, 0.05) is 11.1 Å². The fraction of sp³-hybridized carbons (Fsp3) is 0.292. The van der Waals surface area contributed by atoms with Crippen molar-refractivity contribution in [1.29, 1.82) is 0 Å². The molecule has 0 atom stereocenters. The van der Waals surface area contributed by atoms with Gasteiger partial charge in [0.2, 0.25) is 0 Å². The normalized spacial score (nSPS) is 20.8. The van der Waals surface area contributed by atoms with Gasteiger partial charge in [0.15, 0.2) is 28.8 Å². The standard InChI is InChI=1S/C24H22O5/c25-24-18(12-16-4-6-20-22(14-16)28-10-8-26-20)2-1-3-19(24)13-17-5-7-21-23(15-17)29-11-9-27-21/h4-7,12-15H,1-3,8-11H2/b18-12-,19-13-. The Hall–Kier alpha value is -3.21. The molecule has 0 aromatic heterocycles. The van der Waals surface area contributed by atoms with Crippen molar-refractivity contribution in [2.24, 2.45) is 0 Å². The zero-order valence-corrected chi connectivity index (χ0v) is 16.1. The van der Waals surface area contributed by atoms with E-state index in [2.05, 4.69) is 0 Å². The second-order valence-corrected chi connectivity index (χ2v) is 7.33. The van der Waals surface area contributed by atoms with Crippen molar-refractivity contribution in [3.05, 3.63) is 58.7 Å². The molecule has 2 heterocycles. The number of rotatable bonds is 2. The molecule has 3 aliphatic rings. The minimum Gasteiger partial charge on any atom is -0.486 e. The van der Waals surface area contributed by atoms with Crippen molar-refractivity contribution < 1.29 is 23.7 Å². The molecular weight excluding hydrogens is 368 g/mol. The average molecular weight is 390 g/mol. The third kappa shape index (κ3) is 3.73. The van der Waals surface area contributed by atoms with E-state index in [0.29, 0.717) is 26.4 Å². The van der Waals surface area contributed by atoms with Crippen LogP contribution in [0.2, 0.25) is 0 Å². The summed E-state index contributed by atoms with van der Waals surface area (Å²) in [7, 11) is 0. The number of carbonyl (C=O) groups is 1. The van der Waals surface area contributed by atoms with Crippen molar-refractivity contribution in [3.63, 3.8) is 0 Å². The molecule has 0 radical (unpaired) electrons. The molecule has 0 saturated heterocycles. The number of fused-ring (bicyclic) bond motifs is 2. The summed E-state index contributed by atoms with van der Waals surface area (Å²) >= 11 is 0. The van der Waals surface area contributed by atoms with Crippen LogP contribution in [0.15, 0.2) is 47.5 Å². The maximum absolute atomic E-state index is 13.1. The van der Waals surface area contributed by atoms with E-state index in [1.54, 1.807) is 0 Å². The van der Waals surface area contributed by atoms with Gasteiger partial charge in [-0.15, -0.1) is 0 Å². The zero-order valence-electron chi connectivity index (χ0n) is 16.1. The number of hydrogen-bond acceptors (Lipinski definition) is 5. The van der Waals surface area contributed by atoms with Crippen LogP contribution >= 0.6 is 0 Å². The lowest BCUT2D eigenvalue weighted by molar-refractivity contribution is -0.112. The lowest BCUT2D eigenvalue weighted by Gasteiger charge is -2.20. The largest absolute Gasteiger partial charge is 0.486 e. The van der Waals surface area contributed by atoms with Gasteiger partial charge in [0.1, 0.15) is 26.4 Å². The average Bonchev–Trinajstić information content (AvgIpc) is 2.76. The summed E-state index contributed by atoms with van der Waals surface area (Å²) in [5.74, 6) is 3.10. The highest BCUT2D eigenvalue weighted by Crippen LogP contribution is 2.35. The number of allylic oxidation sites excluding steroid dienone is 2. The van der Waals surface area contributed by atoms with Gasteiger partial charge in [0.05, 0.1) is 0 Å². The molecule has 0 spiro atoms. The van der Waals surface area contributed by atoms with E-state index in [9.17, 15) is 4.79 Å². The van der Waals surface area contributed by atoms with Gasteiger partial charge in [-0.1, -0.05) is 12.1 Å². The molecule has 5 heteroatoms. The fourth-order valence-corrected chi connectivity index (χ4v) is 3.88. The summed E-state index contributed by atoms with van der Waals surface area (Å²) < 4.78 is 22.4. The molecule has 2 aliphatic heterocycles. The Bertz CT molecular complexity index is 938. The van der Waals surface area contributed by atoms with Gasteiger partial charge < -0.3 is 18.9 Å². The first-order valence-corrected chi connectivity index (χ1v) is 10.0. The first-order chi connectivity index (χ1) is 14.3. The first-order valence-electron chi connectivity index (χ1n) is 10.0. The van der Waals surface area contributed by atoms with Crippen LogP contribution in [0, 0.1) is 0 Å². The summed E-state index contributed by atoms with van der Waals surface area (Å²) in [6.45, 7) is 2.24. The van der Waals surface area contributed by atoms with Crippen LogP contribution in [0.1, 0.15) is 30.4 Å². The summed E-state index contributed by atoms with van der Waals surface area (Å²) in [6, 6.07) is 11.6. The molecule has 2 aromatic rings. The van der Waals surface area contributed by atoms with Crippen LogP contribution in [0.5, 0.6) is 23.0 Å². The number of carbonyl (C=O) groups excluding carboxylic acids is 1. The lowest BCUT2D eigenvalue weighted by atomic mass is 9.87. The van der Waals surface area contributed by atoms with Gasteiger partial charge in [-0.25, -0.2) is 0 Å². The lowest BCUT2D eigenvalue weighted by Crippen LogP contribution is -2.15. The van der Waals surface area contributed by atoms with Gasteiger partial charge in [0.25, 0.3) is 0 Å². The van der Waals surface area contributed by atoms with Crippen molar-refractivity contribution in [1.82, 2.24) is 0 Å². The third-order valence-corrected chi connectivity index (χ3v) is 5.29. The number of benzene rings is 2. The second kappa shape index (κ2) is 7.66. The highest BCUT2D eigenvalue weighted by molar-refractivity contribution is 6.14. The minimum absolute atomic E-state index is 0.112. The molecule has 148 valence electrons. The number of Topliss-reactive ketones (excluding diaryl/α,β-unsaturated/α-hetero) is 1. The Morgan fingerprint density at radius 1 is 0.621 bits per heavy atom. The van der Waals surface area contributed by atoms with Gasteiger partial charge in [-0.2, -0.15) is 0 Å². The Labute approximate surface area is 169 Å². The highest BCUT2D eigenvalue weighted by Gasteiger charge is 2.21. The molecule has 1 aliphatic carbocycles. The van der Waals surface area contributed by atoms with Crippen LogP contribution in [0.25, 0.3) is 12.2 Å². The van der Waals surface area contributed by atoms with Crippen molar-refractivity contribution in [3.8, 4) is 23.0 Å². The van der Waals surface area contributed by atoms with E-state index in [0.717, 1.165) is 64.5 Å². The Kier molecular flexibility index (Phi) is 4.72. The van der Waals surface area contributed by atoms with E-state index >= 15 is 0 Å². The van der Waals surface area contributed by atoms with E-state index in [1.807, 2.05) is 48.6 Å². The van der Waals surface area contributed by atoms with Crippen LogP contribution in [-0.4, -0.2) is 32.2 Å². The van der Waals surface area contributed by atoms with Crippen molar-refractivity contribution in [2.45, 2.75) is 19.3 Å². The zero-order chi connectivity index (χ0) is 19.6. The Morgan fingerprint density at radius 3 is 1.55 bits per heavy atom. The molecule has 1 fully saturated rings. The van der Waals surface area contributed by atoms with Crippen LogP contribution in [0.4, 0.5) is 0 Å². The van der Waals surface area contributed by atoms with Gasteiger partial charge in [-0.3, -0.25) is 4.79 Å². The molecule has 29 heavy (non-hydrogen) atoms. The van der Waals surface area contributed by atoms with Crippen molar-refractivity contribution in [2.75, 3.05) is 26.4 Å². The summed E-state index contributed by atoms with van der Waals surface area (Å²) in [6.07, 6.45) is 6.46. The van der Waals surface area contributed by atoms with Crippen molar-refractivity contribution >= 4 is 17.9 Å². The quantitative estimate of drug-likeness (QED) is 0.709. The summed E-state index contributed by atoms with van der Waals surface area (Å²) in [4.78, 5) is 13.1. The Balaban J connectivity index is 1.40. The molecular formula is C24H22O5. The van der Waals surface area contributed by atoms with Crippen LogP contribution in [-0.2, 0) is 4.79 Å². The monoisotopic (exact) mass is 390 g/mol. The molecule has 0 amide bonds. The predicted octanol–water partition coefficient (Wildman–Crippen LogP) is 4.45. The number of ether oxygens (including phenoxy) is 4. The fourth-order valence-electron chi connectivity index (χ4n) is 3.88.